The minimum Gasteiger partial charge on any atom is -0.505 e. The average molecular weight is 202 g/mol. The van der Waals surface area contributed by atoms with Crippen LogP contribution in [0.15, 0.2) is 12.1 Å². The number of esters is 1. The lowest BCUT2D eigenvalue weighted by molar-refractivity contribution is -0.139. The molecular weight excluding hydrogens is 194 g/mol. The molecule has 0 unspecified atom stereocenters. The average Bonchev–Trinajstić information content (AvgIpc) is 2.14. The fraction of sp³-hybridized carbons (Fsp3) is 0.222. The lowest BCUT2D eigenvalue weighted by Crippen LogP contribution is -2.05. The first kappa shape index (κ1) is 10.4. The third kappa shape index (κ3) is 2.18. The molecule has 76 valence electrons. The van der Waals surface area contributed by atoms with E-state index in [-0.39, 0.29) is 12.0 Å². The number of carbonyl (C=O) groups excluding carboxylic acids is 1. The number of aromatic hydroxyl groups is 1. The van der Waals surface area contributed by atoms with E-state index in [0.29, 0.717) is 0 Å². The molecule has 0 radical (unpaired) electrons. The van der Waals surface area contributed by atoms with Crippen LogP contribution in [0, 0.1) is 11.6 Å². The zero-order valence-corrected chi connectivity index (χ0v) is 7.38. The van der Waals surface area contributed by atoms with E-state index in [0.717, 1.165) is 12.1 Å². The van der Waals surface area contributed by atoms with Crippen molar-refractivity contribution in [3.05, 3.63) is 29.3 Å². The largest absolute Gasteiger partial charge is 0.505 e. The standard InChI is InChI=1S/C9H8F2O3/c1-14-8(13)4-5-2-6(10)9(11)7(12)3-5/h2-3,12H,4H2,1H3. The van der Waals surface area contributed by atoms with Gasteiger partial charge in [-0.25, -0.2) is 4.39 Å². The summed E-state index contributed by atoms with van der Waals surface area (Å²) in [5.74, 6) is -3.91. The molecule has 0 atom stereocenters. The van der Waals surface area contributed by atoms with Crippen LogP contribution in [-0.2, 0) is 16.0 Å². The van der Waals surface area contributed by atoms with E-state index < -0.39 is 23.4 Å². The number of hydrogen-bond donors (Lipinski definition) is 1. The summed E-state index contributed by atoms with van der Waals surface area (Å²) in [6.45, 7) is 0. The minimum absolute atomic E-state index is 0.160. The number of methoxy groups -OCH3 is 1. The van der Waals surface area contributed by atoms with Gasteiger partial charge in [-0.15, -0.1) is 0 Å². The predicted molar refractivity (Wildman–Crippen MR) is 43.7 cm³/mol. The molecule has 0 fully saturated rings. The van der Waals surface area contributed by atoms with Gasteiger partial charge in [0, 0.05) is 0 Å². The zero-order chi connectivity index (χ0) is 10.7. The highest BCUT2D eigenvalue weighted by molar-refractivity contribution is 5.72. The summed E-state index contributed by atoms with van der Waals surface area (Å²) in [7, 11) is 1.18. The van der Waals surface area contributed by atoms with Crippen LogP contribution in [0.25, 0.3) is 0 Å². The number of phenols is 1. The van der Waals surface area contributed by atoms with Crippen molar-refractivity contribution in [3.63, 3.8) is 0 Å². The Hall–Kier alpha value is -1.65. The molecule has 0 aliphatic rings. The van der Waals surface area contributed by atoms with E-state index in [1.807, 2.05) is 0 Å². The summed E-state index contributed by atoms with van der Waals surface area (Å²) < 4.78 is 29.6. The van der Waals surface area contributed by atoms with E-state index in [4.69, 9.17) is 5.11 Å². The number of rotatable bonds is 2. The molecule has 1 aromatic carbocycles. The van der Waals surface area contributed by atoms with Crippen LogP contribution in [0.1, 0.15) is 5.56 Å². The maximum Gasteiger partial charge on any atom is 0.309 e. The first-order chi connectivity index (χ1) is 6.54. The molecule has 14 heavy (non-hydrogen) atoms. The maximum atomic E-state index is 12.7. The highest BCUT2D eigenvalue weighted by Crippen LogP contribution is 2.20. The van der Waals surface area contributed by atoms with Crippen molar-refractivity contribution in [2.45, 2.75) is 6.42 Å². The molecule has 0 saturated carbocycles. The van der Waals surface area contributed by atoms with E-state index in [9.17, 15) is 13.6 Å². The van der Waals surface area contributed by atoms with Crippen LogP contribution in [0.5, 0.6) is 5.75 Å². The lowest BCUT2D eigenvalue weighted by Gasteiger charge is -2.02. The fourth-order valence-electron chi connectivity index (χ4n) is 0.970. The van der Waals surface area contributed by atoms with Crippen molar-refractivity contribution in [1.29, 1.82) is 0 Å². The highest BCUT2D eigenvalue weighted by atomic mass is 19.2. The van der Waals surface area contributed by atoms with Gasteiger partial charge in [0.05, 0.1) is 13.5 Å². The van der Waals surface area contributed by atoms with Crippen LogP contribution in [0.4, 0.5) is 8.78 Å². The van der Waals surface area contributed by atoms with Gasteiger partial charge in [-0.3, -0.25) is 4.79 Å². The summed E-state index contributed by atoms with van der Waals surface area (Å²) >= 11 is 0. The molecule has 0 aliphatic heterocycles. The fourth-order valence-corrected chi connectivity index (χ4v) is 0.970. The number of carbonyl (C=O) groups is 1. The first-order valence-electron chi connectivity index (χ1n) is 3.78. The molecular formula is C9H8F2O3. The first-order valence-corrected chi connectivity index (χ1v) is 3.78. The van der Waals surface area contributed by atoms with Gasteiger partial charge in [0.15, 0.2) is 17.4 Å². The topological polar surface area (TPSA) is 46.5 Å². The van der Waals surface area contributed by atoms with Gasteiger partial charge in [-0.2, -0.15) is 4.39 Å². The second-order valence-corrected chi connectivity index (χ2v) is 2.66. The minimum atomic E-state index is -1.32. The molecule has 3 nitrogen and oxygen atoms in total. The van der Waals surface area contributed by atoms with E-state index >= 15 is 0 Å². The summed E-state index contributed by atoms with van der Waals surface area (Å²) in [6.07, 6.45) is -0.207. The van der Waals surface area contributed by atoms with E-state index in [1.54, 1.807) is 0 Å². The molecule has 0 amide bonds. The Morgan fingerprint density at radius 3 is 2.64 bits per heavy atom. The Balaban J connectivity index is 2.95. The number of hydrogen-bond acceptors (Lipinski definition) is 3. The Morgan fingerprint density at radius 2 is 2.14 bits per heavy atom. The quantitative estimate of drug-likeness (QED) is 0.737. The Bertz CT molecular complexity index is 340. The molecule has 5 heteroatoms. The molecule has 1 aromatic rings. The summed E-state index contributed by atoms with van der Waals surface area (Å²) in [6, 6.07) is 1.82. The summed E-state index contributed by atoms with van der Waals surface area (Å²) in [5, 5.41) is 8.90. The second-order valence-electron chi connectivity index (χ2n) is 2.66. The molecule has 0 aromatic heterocycles. The predicted octanol–water partition coefficient (Wildman–Crippen LogP) is 1.39. The zero-order valence-electron chi connectivity index (χ0n) is 7.38. The number of ether oxygens (including phenoxy) is 1. The van der Waals surface area contributed by atoms with Crippen molar-refractivity contribution in [2.24, 2.45) is 0 Å². The number of benzene rings is 1. The van der Waals surface area contributed by atoms with Gasteiger partial charge < -0.3 is 9.84 Å². The van der Waals surface area contributed by atoms with Crippen molar-refractivity contribution < 1.29 is 23.4 Å². The molecule has 0 saturated heterocycles. The van der Waals surface area contributed by atoms with Gasteiger partial charge >= 0.3 is 5.97 Å². The van der Waals surface area contributed by atoms with Crippen LogP contribution < -0.4 is 0 Å². The Morgan fingerprint density at radius 1 is 1.50 bits per heavy atom. The van der Waals surface area contributed by atoms with Crippen LogP contribution in [-0.4, -0.2) is 18.2 Å². The third-order valence-electron chi connectivity index (χ3n) is 1.64. The summed E-state index contributed by atoms with van der Waals surface area (Å²) in [4.78, 5) is 10.8. The van der Waals surface area contributed by atoms with Gasteiger partial charge in [0.2, 0.25) is 0 Å². The summed E-state index contributed by atoms with van der Waals surface area (Å²) in [5.41, 5.74) is 0.160. The molecule has 0 bridgehead atoms. The number of phenolic OH excluding ortho intramolecular Hbond substituents is 1. The van der Waals surface area contributed by atoms with Crippen molar-refractivity contribution in [2.75, 3.05) is 7.11 Å². The van der Waals surface area contributed by atoms with Crippen molar-refractivity contribution in [3.8, 4) is 5.75 Å². The highest BCUT2D eigenvalue weighted by Gasteiger charge is 2.11. The Labute approximate surface area is 78.9 Å². The Kier molecular flexibility index (Phi) is 3.01. The van der Waals surface area contributed by atoms with Crippen molar-refractivity contribution in [1.82, 2.24) is 0 Å². The SMILES string of the molecule is COC(=O)Cc1cc(O)c(F)c(F)c1. The van der Waals surface area contributed by atoms with E-state index in [1.165, 1.54) is 7.11 Å². The smallest absolute Gasteiger partial charge is 0.309 e. The molecule has 0 spiro atoms. The monoisotopic (exact) mass is 202 g/mol. The van der Waals surface area contributed by atoms with Crippen LogP contribution >= 0.6 is 0 Å². The van der Waals surface area contributed by atoms with Gasteiger partial charge in [0.25, 0.3) is 0 Å². The molecule has 1 rings (SSSR count). The van der Waals surface area contributed by atoms with Gasteiger partial charge in [-0.1, -0.05) is 0 Å². The lowest BCUT2D eigenvalue weighted by atomic mass is 10.1. The molecule has 0 aliphatic carbocycles. The number of halogens is 2. The van der Waals surface area contributed by atoms with E-state index in [2.05, 4.69) is 4.74 Å². The van der Waals surface area contributed by atoms with Crippen molar-refractivity contribution >= 4 is 5.97 Å². The molecule has 1 N–H and O–H groups in total. The normalized spacial score (nSPS) is 9.93. The van der Waals surface area contributed by atoms with Crippen LogP contribution in [0.3, 0.4) is 0 Å². The van der Waals surface area contributed by atoms with Gasteiger partial charge in [0.1, 0.15) is 0 Å². The van der Waals surface area contributed by atoms with Crippen LogP contribution in [0.2, 0.25) is 0 Å². The molecule has 0 heterocycles. The van der Waals surface area contributed by atoms with Gasteiger partial charge in [-0.05, 0) is 17.7 Å². The maximum absolute atomic E-state index is 12.7. The third-order valence-corrected chi connectivity index (χ3v) is 1.64. The second kappa shape index (κ2) is 4.04.